The lowest BCUT2D eigenvalue weighted by Gasteiger charge is -2.09. The van der Waals surface area contributed by atoms with Crippen molar-refractivity contribution in [2.45, 2.75) is 19.4 Å². The van der Waals surface area contributed by atoms with Crippen LogP contribution in [0.1, 0.15) is 21.5 Å². The molecule has 18 heavy (non-hydrogen) atoms. The van der Waals surface area contributed by atoms with Crippen LogP contribution in [0, 0.1) is 17.0 Å². The summed E-state index contributed by atoms with van der Waals surface area (Å²) in [6.07, 6.45) is 2.18. The molecule has 0 amide bonds. The molecule has 0 saturated carbocycles. The zero-order chi connectivity index (χ0) is 13.1. The second-order valence-electron chi connectivity index (χ2n) is 3.98. The topological polar surface area (TPSA) is 82.0 Å². The molecule has 1 heterocycles. The van der Waals surface area contributed by atoms with Crippen molar-refractivity contribution in [1.82, 2.24) is 4.98 Å². The van der Waals surface area contributed by atoms with Gasteiger partial charge < -0.3 is 5.73 Å². The molecule has 1 aromatic carbocycles. The smallest absolute Gasteiger partial charge is 0.272 e. The van der Waals surface area contributed by atoms with E-state index in [9.17, 15) is 10.1 Å². The van der Waals surface area contributed by atoms with E-state index in [-0.39, 0.29) is 16.7 Å². The molecule has 1 atom stereocenters. The van der Waals surface area contributed by atoms with E-state index < -0.39 is 0 Å². The van der Waals surface area contributed by atoms with Gasteiger partial charge in [-0.05, 0) is 13.3 Å². The van der Waals surface area contributed by atoms with Gasteiger partial charge in [0.2, 0.25) is 0 Å². The summed E-state index contributed by atoms with van der Waals surface area (Å²) < 4.78 is 0. The Labute approximate surface area is 108 Å². The maximum absolute atomic E-state index is 10.9. The standard InChI is InChI=1S/C12H13N3O2S/c1-8-14-7-12(18-8)10(13)6-9-4-2-3-5-11(9)15(16)17/h2-5,7,10H,6,13H2,1H3. The predicted octanol–water partition coefficient (Wildman–Crippen LogP) is 2.60. The second kappa shape index (κ2) is 5.24. The lowest BCUT2D eigenvalue weighted by atomic mass is 10.0. The molecule has 0 aliphatic carbocycles. The Hall–Kier alpha value is -1.79. The normalized spacial score (nSPS) is 12.3. The molecule has 0 aliphatic rings. The van der Waals surface area contributed by atoms with E-state index in [0.29, 0.717) is 12.0 Å². The molecule has 1 unspecified atom stereocenters. The minimum atomic E-state index is -0.375. The van der Waals surface area contributed by atoms with Gasteiger partial charge in [0.25, 0.3) is 5.69 Å². The first-order valence-electron chi connectivity index (χ1n) is 5.48. The highest BCUT2D eigenvalue weighted by Crippen LogP contribution is 2.26. The van der Waals surface area contributed by atoms with Crippen LogP contribution in [-0.2, 0) is 6.42 Å². The van der Waals surface area contributed by atoms with Crippen LogP contribution in [0.15, 0.2) is 30.5 Å². The maximum atomic E-state index is 10.9. The highest BCUT2D eigenvalue weighted by atomic mass is 32.1. The number of para-hydroxylation sites is 1. The van der Waals surface area contributed by atoms with Gasteiger partial charge in [-0.3, -0.25) is 10.1 Å². The number of nitrogens with zero attached hydrogens (tertiary/aromatic N) is 2. The molecule has 0 fully saturated rings. The van der Waals surface area contributed by atoms with Crippen LogP contribution in [-0.4, -0.2) is 9.91 Å². The number of aromatic nitrogens is 1. The minimum absolute atomic E-state index is 0.120. The first-order chi connectivity index (χ1) is 8.58. The Morgan fingerprint density at radius 2 is 2.22 bits per heavy atom. The van der Waals surface area contributed by atoms with Gasteiger partial charge in [-0.15, -0.1) is 11.3 Å². The van der Waals surface area contributed by atoms with Gasteiger partial charge in [0.1, 0.15) is 0 Å². The molecule has 1 aromatic heterocycles. The summed E-state index contributed by atoms with van der Waals surface area (Å²) in [6.45, 7) is 1.91. The summed E-state index contributed by atoms with van der Waals surface area (Å²) in [4.78, 5) is 15.6. The molecule has 2 N–H and O–H groups in total. The van der Waals surface area contributed by atoms with Gasteiger partial charge in [0, 0.05) is 28.7 Å². The molecule has 5 nitrogen and oxygen atoms in total. The van der Waals surface area contributed by atoms with Crippen LogP contribution in [0.25, 0.3) is 0 Å². The van der Waals surface area contributed by atoms with Gasteiger partial charge in [-0.2, -0.15) is 0 Å². The van der Waals surface area contributed by atoms with E-state index in [0.717, 1.165) is 9.88 Å². The van der Waals surface area contributed by atoms with Crippen molar-refractivity contribution in [1.29, 1.82) is 0 Å². The lowest BCUT2D eigenvalue weighted by molar-refractivity contribution is -0.385. The van der Waals surface area contributed by atoms with Gasteiger partial charge in [0.05, 0.1) is 9.93 Å². The molecular formula is C12H13N3O2S. The zero-order valence-electron chi connectivity index (χ0n) is 9.87. The largest absolute Gasteiger partial charge is 0.323 e. The summed E-state index contributed by atoms with van der Waals surface area (Å²) in [5.41, 5.74) is 6.83. The molecule has 94 valence electrons. The minimum Gasteiger partial charge on any atom is -0.323 e. The Morgan fingerprint density at radius 3 is 2.83 bits per heavy atom. The first-order valence-corrected chi connectivity index (χ1v) is 6.30. The van der Waals surface area contributed by atoms with E-state index in [2.05, 4.69) is 4.98 Å². The highest BCUT2D eigenvalue weighted by Gasteiger charge is 2.17. The Kier molecular flexibility index (Phi) is 3.69. The molecule has 0 radical (unpaired) electrons. The van der Waals surface area contributed by atoms with Gasteiger partial charge in [0.15, 0.2) is 0 Å². The van der Waals surface area contributed by atoms with Crippen LogP contribution >= 0.6 is 11.3 Å². The van der Waals surface area contributed by atoms with Crippen molar-refractivity contribution in [2.24, 2.45) is 5.73 Å². The fourth-order valence-electron chi connectivity index (χ4n) is 1.75. The number of hydrogen-bond acceptors (Lipinski definition) is 5. The van der Waals surface area contributed by atoms with Crippen LogP contribution in [0.2, 0.25) is 0 Å². The van der Waals surface area contributed by atoms with Gasteiger partial charge >= 0.3 is 0 Å². The van der Waals surface area contributed by atoms with Gasteiger partial charge in [-0.1, -0.05) is 18.2 Å². The number of nitrogens with two attached hydrogens (primary N) is 1. The van der Waals surface area contributed by atoms with E-state index in [1.165, 1.54) is 17.4 Å². The molecule has 0 bridgehead atoms. The number of thiazole rings is 1. The SMILES string of the molecule is Cc1ncc(C(N)Cc2ccccc2[N+](=O)[O-])s1. The number of rotatable bonds is 4. The van der Waals surface area contributed by atoms with Crippen molar-refractivity contribution in [3.8, 4) is 0 Å². The lowest BCUT2D eigenvalue weighted by Crippen LogP contribution is -2.12. The van der Waals surface area contributed by atoms with E-state index in [4.69, 9.17) is 5.73 Å². The van der Waals surface area contributed by atoms with Crippen molar-refractivity contribution in [3.63, 3.8) is 0 Å². The van der Waals surface area contributed by atoms with E-state index in [1.807, 2.05) is 6.92 Å². The molecule has 0 aliphatic heterocycles. The summed E-state index contributed by atoms with van der Waals surface area (Å²) in [7, 11) is 0. The fraction of sp³-hybridized carbons (Fsp3) is 0.250. The average Bonchev–Trinajstić information content (AvgIpc) is 2.76. The summed E-state index contributed by atoms with van der Waals surface area (Å²) in [5, 5.41) is 11.8. The van der Waals surface area contributed by atoms with Crippen molar-refractivity contribution >= 4 is 17.0 Å². The molecule has 0 spiro atoms. The quantitative estimate of drug-likeness (QED) is 0.679. The second-order valence-corrected chi connectivity index (χ2v) is 5.24. The van der Waals surface area contributed by atoms with E-state index in [1.54, 1.807) is 24.4 Å². The molecule has 6 heteroatoms. The van der Waals surface area contributed by atoms with Crippen LogP contribution in [0.3, 0.4) is 0 Å². The van der Waals surface area contributed by atoms with Crippen LogP contribution < -0.4 is 5.73 Å². The first kappa shape index (κ1) is 12.7. The van der Waals surface area contributed by atoms with Gasteiger partial charge in [-0.25, -0.2) is 4.98 Å². The number of aryl methyl sites for hydroxylation is 1. The Morgan fingerprint density at radius 1 is 1.50 bits per heavy atom. The molecule has 0 saturated heterocycles. The van der Waals surface area contributed by atoms with Crippen molar-refractivity contribution in [3.05, 3.63) is 56.0 Å². The monoisotopic (exact) mass is 263 g/mol. The molecule has 2 aromatic rings. The maximum Gasteiger partial charge on any atom is 0.272 e. The number of nitro benzene ring substituents is 1. The van der Waals surface area contributed by atoms with Crippen LogP contribution in [0.4, 0.5) is 5.69 Å². The third-order valence-corrected chi connectivity index (χ3v) is 3.68. The molecular weight excluding hydrogens is 250 g/mol. The summed E-state index contributed by atoms with van der Waals surface area (Å²) in [5.74, 6) is 0. The highest BCUT2D eigenvalue weighted by molar-refractivity contribution is 7.11. The van der Waals surface area contributed by atoms with E-state index >= 15 is 0 Å². The third kappa shape index (κ3) is 2.72. The summed E-state index contributed by atoms with van der Waals surface area (Å²) >= 11 is 1.52. The van der Waals surface area contributed by atoms with Crippen molar-refractivity contribution in [2.75, 3.05) is 0 Å². The average molecular weight is 263 g/mol. The Balaban J connectivity index is 2.21. The number of hydrogen-bond donors (Lipinski definition) is 1. The number of benzene rings is 1. The number of nitro groups is 1. The summed E-state index contributed by atoms with van der Waals surface area (Å²) in [6, 6.07) is 6.43. The Bertz CT molecular complexity index is 568. The zero-order valence-corrected chi connectivity index (χ0v) is 10.7. The van der Waals surface area contributed by atoms with Crippen LogP contribution in [0.5, 0.6) is 0 Å². The predicted molar refractivity (Wildman–Crippen MR) is 70.6 cm³/mol. The fourth-order valence-corrected chi connectivity index (χ4v) is 2.53. The third-order valence-electron chi connectivity index (χ3n) is 2.63. The van der Waals surface area contributed by atoms with Crippen molar-refractivity contribution < 1.29 is 4.92 Å². The molecule has 2 rings (SSSR count).